The van der Waals surface area contributed by atoms with Crippen LogP contribution < -0.4 is 0 Å². The zero-order valence-corrected chi connectivity index (χ0v) is 6.82. The van der Waals surface area contributed by atoms with Gasteiger partial charge in [0.25, 0.3) is 0 Å². The monoisotopic (exact) mass is 173 g/mol. The number of carboxylic acid groups (broad SMARTS) is 1. The number of cyclic esters (lactones) is 1. The summed E-state index contributed by atoms with van der Waals surface area (Å²) in [6.07, 6.45) is 0.211. The van der Waals surface area contributed by atoms with E-state index >= 15 is 0 Å². The highest BCUT2D eigenvalue weighted by atomic mass is 16.6. The quantitative estimate of drug-likeness (QED) is 0.666. The topological polar surface area (TPSA) is 66.8 Å². The van der Waals surface area contributed by atoms with Crippen LogP contribution in [-0.4, -0.2) is 41.3 Å². The lowest BCUT2D eigenvalue weighted by Gasteiger charge is -2.16. The van der Waals surface area contributed by atoms with Gasteiger partial charge < -0.3 is 9.84 Å². The second kappa shape index (κ2) is 3.42. The number of aliphatic carboxylic acids is 1. The maximum Gasteiger partial charge on any atom is 0.410 e. The first-order chi connectivity index (χ1) is 5.66. The van der Waals surface area contributed by atoms with E-state index in [1.54, 1.807) is 0 Å². The number of ether oxygens (including phenoxy) is 1. The van der Waals surface area contributed by atoms with Gasteiger partial charge in [-0.25, -0.2) is 9.59 Å². The molecule has 0 spiro atoms. The molecule has 1 rings (SSSR count). The van der Waals surface area contributed by atoms with E-state index in [1.165, 1.54) is 4.90 Å². The van der Waals surface area contributed by atoms with Crippen molar-refractivity contribution in [2.75, 3.05) is 13.2 Å². The number of carbonyl (C=O) groups excluding carboxylic acids is 1. The number of hydrogen-bond donors (Lipinski definition) is 1. The van der Waals surface area contributed by atoms with Crippen molar-refractivity contribution in [2.24, 2.45) is 0 Å². The molecular formula is C7H11NO4. The molecule has 0 bridgehead atoms. The van der Waals surface area contributed by atoms with Crippen LogP contribution in [0.1, 0.15) is 13.3 Å². The summed E-state index contributed by atoms with van der Waals surface area (Å²) >= 11 is 0. The van der Waals surface area contributed by atoms with Gasteiger partial charge in [0.2, 0.25) is 0 Å². The predicted molar refractivity (Wildman–Crippen MR) is 39.8 cm³/mol. The highest BCUT2D eigenvalue weighted by Crippen LogP contribution is 2.12. The van der Waals surface area contributed by atoms with Crippen LogP contribution in [0.15, 0.2) is 0 Å². The zero-order chi connectivity index (χ0) is 9.14. The second-order valence-corrected chi connectivity index (χ2v) is 2.62. The molecule has 0 aromatic carbocycles. The Morgan fingerprint density at radius 3 is 3.00 bits per heavy atom. The van der Waals surface area contributed by atoms with Gasteiger partial charge in [-0.3, -0.25) is 4.90 Å². The lowest BCUT2D eigenvalue weighted by molar-refractivity contribution is -0.141. The Bertz CT molecular complexity index is 204. The van der Waals surface area contributed by atoms with Gasteiger partial charge >= 0.3 is 12.1 Å². The molecule has 12 heavy (non-hydrogen) atoms. The largest absolute Gasteiger partial charge is 0.480 e. The number of amides is 1. The number of hydrogen-bond acceptors (Lipinski definition) is 3. The van der Waals surface area contributed by atoms with Crippen LogP contribution in [0.25, 0.3) is 0 Å². The molecule has 5 nitrogen and oxygen atoms in total. The van der Waals surface area contributed by atoms with Crippen LogP contribution in [0, 0.1) is 0 Å². The molecule has 1 aliphatic rings. The van der Waals surface area contributed by atoms with E-state index in [2.05, 4.69) is 4.74 Å². The van der Waals surface area contributed by atoms with Crippen molar-refractivity contribution in [1.82, 2.24) is 4.90 Å². The van der Waals surface area contributed by atoms with Crippen LogP contribution in [0.4, 0.5) is 4.79 Å². The number of carbonyl (C=O) groups is 2. The van der Waals surface area contributed by atoms with E-state index < -0.39 is 18.1 Å². The third kappa shape index (κ3) is 1.49. The molecule has 0 aliphatic carbocycles. The van der Waals surface area contributed by atoms with Gasteiger partial charge in [0, 0.05) is 6.54 Å². The molecule has 1 saturated heterocycles. The first kappa shape index (κ1) is 8.83. The van der Waals surface area contributed by atoms with Gasteiger partial charge in [0.05, 0.1) is 0 Å². The molecule has 0 aromatic heterocycles. The van der Waals surface area contributed by atoms with Crippen LogP contribution in [0.5, 0.6) is 0 Å². The lowest BCUT2D eigenvalue weighted by Crippen LogP contribution is -2.39. The van der Waals surface area contributed by atoms with Crippen molar-refractivity contribution in [3.63, 3.8) is 0 Å². The van der Waals surface area contributed by atoms with Crippen LogP contribution >= 0.6 is 0 Å². The Balaban J connectivity index is 2.63. The normalized spacial score (nSPS) is 22.6. The van der Waals surface area contributed by atoms with E-state index in [4.69, 9.17) is 5.11 Å². The van der Waals surface area contributed by atoms with E-state index in [9.17, 15) is 9.59 Å². The summed E-state index contributed by atoms with van der Waals surface area (Å²) in [6, 6.07) is -0.794. The van der Waals surface area contributed by atoms with Crippen molar-refractivity contribution in [2.45, 2.75) is 19.4 Å². The maximum atomic E-state index is 10.9. The van der Waals surface area contributed by atoms with Gasteiger partial charge in [-0.2, -0.15) is 0 Å². The Morgan fingerprint density at radius 2 is 2.50 bits per heavy atom. The molecule has 0 aromatic rings. The molecule has 0 radical (unpaired) electrons. The van der Waals surface area contributed by atoms with E-state index in [1.807, 2.05) is 6.92 Å². The third-order valence-electron chi connectivity index (χ3n) is 1.72. The highest BCUT2D eigenvalue weighted by Gasteiger charge is 2.37. The summed E-state index contributed by atoms with van der Waals surface area (Å²) < 4.78 is 4.60. The zero-order valence-electron chi connectivity index (χ0n) is 6.82. The van der Waals surface area contributed by atoms with Crippen molar-refractivity contribution >= 4 is 12.1 Å². The van der Waals surface area contributed by atoms with Gasteiger partial charge in [0.15, 0.2) is 6.04 Å². The predicted octanol–water partition coefficient (Wildman–Crippen LogP) is 0.302. The molecule has 1 amide bonds. The molecular weight excluding hydrogens is 162 g/mol. The standard InChI is InChI=1S/C7H11NO4/c1-2-3-8-5(6(9)10)4-12-7(8)11/h5H,2-4H2,1H3,(H,9,10). The fourth-order valence-corrected chi connectivity index (χ4v) is 1.14. The highest BCUT2D eigenvalue weighted by molar-refractivity contribution is 5.82. The molecule has 1 unspecified atom stereocenters. The fraction of sp³-hybridized carbons (Fsp3) is 0.714. The molecule has 1 heterocycles. The van der Waals surface area contributed by atoms with Crippen LogP contribution in [0.2, 0.25) is 0 Å². The van der Waals surface area contributed by atoms with Crippen molar-refractivity contribution < 1.29 is 19.4 Å². The SMILES string of the molecule is CCCN1C(=O)OCC1C(=O)O. The molecule has 0 saturated carbocycles. The van der Waals surface area contributed by atoms with Gasteiger partial charge in [-0.1, -0.05) is 6.92 Å². The van der Waals surface area contributed by atoms with Crippen molar-refractivity contribution in [1.29, 1.82) is 0 Å². The summed E-state index contributed by atoms with van der Waals surface area (Å²) in [7, 11) is 0. The van der Waals surface area contributed by atoms with Crippen LogP contribution in [0.3, 0.4) is 0 Å². The van der Waals surface area contributed by atoms with Crippen molar-refractivity contribution in [3.8, 4) is 0 Å². The lowest BCUT2D eigenvalue weighted by atomic mass is 10.3. The first-order valence-corrected chi connectivity index (χ1v) is 3.83. The summed E-state index contributed by atoms with van der Waals surface area (Å²) in [5.41, 5.74) is 0. The number of nitrogens with zero attached hydrogens (tertiary/aromatic N) is 1. The maximum absolute atomic E-state index is 10.9. The minimum Gasteiger partial charge on any atom is -0.480 e. The molecule has 1 aliphatic heterocycles. The fourth-order valence-electron chi connectivity index (χ4n) is 1.14. The summed E-state index contributed by atoms with van der Waals surface area (Å²) in [6.45, 7) is 2.29. The van der Waals surface area contributed by atoms with Gasteiger partial charge in [-0.15, -0.1) is 0 Å². The van der Waals surface area contributed by atoms with Crippen LogP contribution in [-0.2, 0) is 9.53 Å². The first-order valence-electron chi connectivity index (χ1n) is 3.83. The Labute approximate surface area is 69.9 Å². The smallest absolute Gasteiger partial charge is 0.410 e. The number of rotatable bonds is 3. The van der Waals surface area contributed by atoms with E-state index in [-0.39, 0.29) is 6.61 Å². The Kier molecular flexibility index (Phi) is 2.52. The summed E-state index contributed by atoms with van der Waals surface area (Å²) in [5.74, 6) is -1.01. The second-order valence-electron chi connectivity index (χ2n) is 2.62. The molecule has 5 heteroatoms. The Hall–Kier alpha value is -1.26. The molecule has 1 atom stereocenters. The summed E-state index contributed by atoms with van der Waals surface area (Å²) in [4.78, 5) is 22.7. The van der Waals surface area contributed by atoms with E-state index in [0.29, 0.717) is 6.54 Å². The van der Waals surface area contributed by atoms with Crippen molar-refractivity contribution in [3.05, 3.63) is 0 Å². The minimum atomic E-state index is -1.01. The molecule has 1 N–H and O–H groups in total. The minimum absolute atomic E-state index is 0.0336. The molecule has 1 fully saturated rings. The van der Waals surface area contributed by atoms with Gasteiger partial charge in [0.1, 0.15) is 6.61 Å². The molecule has 68 valence electrons. The third-order valence-corrected chi connectivity index (χ3v) is 1.72. The van der Waals surface area contributed by atoms with Gasteiger partial charge in [-0.05, 0) is 6.42 Å². The number of carboxylic acids is 1. The average Bonchev–Trinajstić information content (AvgIpc) is 2.34. The average molecular weight is 173 g/mol. The summed E-state index contributed by atoms with van der Waals surface area (Å²) in [5, 5.41) is 8.65. The van der Waals surface area contributed by atoms with E-state index in [0.717, 1.165) is 6.42 Å². The Morgan fingerprint density at radius 1 is 1.83 bits per heavy atom.